The van der Waals surface area contributed by atoms with Gasteiger partial charge in [0.25, 0.3) is 0 Å². The highest BCUT2D eigenvalue weighted by molar-refractivity contribution is 5.91. The molecule has 1 aliphatic rings. The summed E-state index contributed by atoms with van der Waals surface area (Å²) in [6.07, 6.45) is 5.40. The number of para-hydroxylation sites is 1. The van der Waals surface area contributed by atoms with E-state index in [0.29, 0.717) is 23.1 Å². The first-order valence-electron chi connectivity index (χ1n) is 16.2. The Morgan fingerprint density at radius 2 is 1.45 bits per heavy atom. The zero-order valence-electron chi connectivity index (χ0n) is 28.7. The van der Waals surface area contributed by atoms with E-state index in [4.69, 9.17) is 23.7 Å². The molecule has 4 rings (SSSR count). The highest BCUT2D eigenvalue weighted by atomic mass is 16.5. The molecule has 0 spiro atoms. The maximum absolute atomic E-state index is 12.4. The number of hydrogen-bond donors (Lipinski definition) is 0. The highest BCUT2D eigenvalue weighted by Gasteiger charge is 2.39. The van der Waals surface area contributed by atoms with Crippen LogP contribution in [0.5, 0.6) is 17.2 Å². The normalized spacial score (nSPS) is 17.5. The fourth-order valence-corrected chi connectivity index (χ4v) is 6.34. The number of benzene rings is 3. The lowest BCUT2D eigenvalue weighted by atomic mass is 9.86. The number of methoxy groups -OCH3 is 3. The number of fused-ring (bicyclic) bond motifs is 1. The molecule has 3 aromatic carbocycles. The number of nitrogens with zero attached hydrogens (tertiary/aromatic N) is 2. The fraction of sp³-hybridized carbons (Fsp3) is 0.421. The summed E-state index contributed by atoms with van der Waals surface area (Å²) < 4.78 is 28.9. The lowest BCUT2D eigenvalue weighted by molar-refractivity contribution is -0.941. The predicted molar refractivity (Wildman–Crippen MR) is 184 cm³/mol. The molecule has 9 heteroatoms. The predicted octanol–water partition coefficient (Wildman–Crippen LogP) is 5.69. The lowest BCUT2D eigenvalue weighted by Crippen LogP contribution is -2.52. The van der Waals surface area contributed by atoms with Crippen molar-refractivity contribution in [3.05, 3.63) is 95.6 Å². The molecule has 1 aliphatic heterocycles. The van der Waals surface area contributed by atoms with Gasteiger partial charge >= 0.3 is 11.9 Å². The Kier molecular flexibility index (Phi) is 12.4. The van der Waals surface area contributed by atoms with Gasteiger partial charge in [0.15, 0.2) is 11.5 Å². The van der Waals surface area contributed by atoms with Gasteiger partial charge in [-0.1, -0.05) is 30.3 Å². The van der Waals surface area contributed by atoms with Crippen LogP contribution in [0, 0.1) is 0 Å². The van der Waals surface area contributed by atoms with Crippen molar-refractivity contribution in [2.24, 2.45) is 0 Å². The monoisotopic (exact) mass is 646 g/mol. The van der Waals surface area contributed by atoms with E-state index >= 15 is 0 Å². The topological polar surface area (TPSA) is 80.3 Å². The van der Waals surface area contributed by atoms with Gasteiger partial charge in [0.05, 0.1) is 75.3 Å². The zero-order chi connectivity index (χ0) is 33.9. The van der Waals surface area contributed by atoms with Crippen LogP contribution in [0.1, 0.15) is 35.6 Å². The maximum Gasteiger partial charge on any atom is 0.331 e. The summed E-state index contributed by atoms with van der Waals surface area (Å²) in [5.41, 5.74) is 4.91. The van der Waals surface area contributed by atoms with Crippen LogP contribution in [0.3, 0.4) is 0 Å². The van der Waals surface area contributed by atoms with Gasteiger partial charge in [-0.2, -0.15) is 0 Å². The molecule has 0 fully saturated rings. The molecule has 47 heavy (non-hydrogen) atoms. The van der Waals surface area contributed by atoms with E-state index in [0.717, 1.165) is 60.6 Å². The summed E-state index contributed by atoms with van der Waals surface area (Å²) in [5.74, 6) is 1.18. The van der Waals surface area contributed by atoms with Crippen molar-refractivity contribution in [2.45, 2.75) is 31.7 Å². The molecule has 0 N–H and O–H groups in total. The van der Waals surface area contributed by atoms with Gasteiger partial charge in [-0.3, -0.25) is 4.48 Å². The smallest absolute Gasteiger partial charge is 0.331 e. The molecule has 252 valence electrons. The third kappa shape index (κ3) is 9.59. The van der Waals surface area contributed by atoms with Gasteiger partial charge in [0, 0.05) is 43.4 Å². The first kappa shape index (κ1) is 35.5. The van der Waals surface area contributed by atoms with Crippen molar-refractivity contribution in [3.8, 4) is 17.2 Å². The molecule has 0 radical (unpaired) electrons. The number of esters is 2. The quantitative estimate of drug-likeness (QED) is 0.0857. The summed E-state index contributed by atoms with van der Waals surface area (Å²) >= 11 is 0. The number of hydrogen-bond acceptors (Lipinski definition) is 7. The molecule has 0 amide bonds. The molecule has 0 saturated heterocycles. The minimum atomic E-state index is -0.554. The van der Waals surface area contributed by atoms with Crippen molar-refractivity contribution in [1.82, 2.24) is 4.48 Å². The van der Waals surface area contributed by atoms with Crippen molar-refractivity contribution in [3.63, 3.8) is 0 Å². The Morgan fingerprint density at radius 1 is 0.830 bits per heavy atom. The van der Waals surface area contributed by atoms with Gasteiger partial charge in [0.2, 0.25) is 0 Å². The average Bonchev–Trinajstić information content (AvgIpc) is 3.09. The Balaban J connectivity index is 1.29. The number of carbonyl (C=O) groups is 2. The van der Waals surface area contributed by atoms with Crippen LogP contribution in [-0.4, -0.2) is 91.7 Å². The van der Waals surface area contributed by atoms with Crippen LogP contribution in [0.25, 0.3) is 0 Å². The molecule has 0 aromatic heterocycles. The summed E-state index contributed by atoms with van der Waals surface area (Å²) in [5, 5.41) is 0. The summed E-state index contributed by atoms with van der Waals surface area (Å²) in [7, 11) is 11.5. The first-order valence-corrected chi connectivity index (χ1v) is 16.2. The molecule has 3 aromatic rings. The van der Waals surface area contributed by atoms with Crippen LogP contribution in [0.4, 0.5) is 5.69 Å². The number of quaternary nitrogens is 2. The van der Waals surface area contributed by atoms with Gasteiger partial charge in [0.1, 0.15) is 17.5 Å². The van der Waals surface area contributed by atoms with E-state index < -0.39 is 11.9 Å². The molecular weight excluding hydrogens is 596 g/mol. The summed E-state index contributed by atoms with van der Waals surface area (Å²) in [6.45, 7) is 3.10. The van der Waals surface area contributed by atoms with Gasteiger partial charge in [-0.05, 0) is 47.5 Å². The molecule has 1 heterocycles. The van der Waals surface area contributed by atoms with Crippen LogP contribution >= 0.6 is 0 Å². The van der Waals surface area contributed by atoms with E-state index in [1.807, 2.05) is 30.3 Å². The van der Waals surface area contributed by atoms with Crippen LogP contribution < -0.4 is 18.7 Å². The second-order valence-electron chi connectivity index (χ2n) is 12.8. The largest absolute Gasteiger partial charge is 0.497 e. The van der Waals surface area contributed by atoms with Crippen molar-refractivity contribution >= 4 is 17.6 Å². The van der Waals surface area contributed by atoms with Crippen molar-refractivity contribution < 1.29 is 37.8 Å². The van der Waals surface area contributed by atoms with E-state index in [1.54, 1.807) is 21.3 Å². The van der Waals surface area contributed by atoms with E-state index in [1.165, 1.54) is 22.4 Å². The van der Waals surface area contributed by atoms with Crippen LogP contribution in [-0.2, 0) is 31.9 Å². The fourth-order valence-electron chi connectivity index (χ4n) is 6.34. The lowest BCUT2D eigenvalue weighted by Gasteiger charge is -2.46. The number of carbonyl (C=O) groups excluding carboxylic acids is 2. The average molecular weight is 647 g/mol. The first-order chi connectivity index (χ1) is 22.6. The minimum absolute atomic E-state index is 0.161. The second kappa shape index (κ2) is 16.5. The zero-order valence-corrected chi connectivity index (χ0v) is 28.7. The molecule has 0 saturated carbocycles. The van der Waals surface area contributed by atoms with Crippen LogP contribution in [0.2, 0.25) is 0 Å². The second-order valence-corrected chi connectivity index (χ2v) is 12.8. The number of rotatable bonds is 16. The van der Waals surface area contributed by atoms with E-state index in [-0.39, 0.29) is 19.3 Å². The highest BCUT2D eigenvalue weighted by Crippen LogP contribution is 2.42. The Hall–Kier alpha value is -4.34. The van der Waals surface area contributed by atoms with Gasteiger partial charge in [-0.25, -0.2) is 9.59 Å². The molecule has 0 bridgehead atoms. The van der Waals surface area contributed by atoms with E-state index in [9.17, 15) is 9.59 Å². The Labute approximate surface area is 279 Å². The molecule has 9 nitrogen and oxygen atoms in total. The third-order valence-corrected chi connectivity index (χ3v) is 9.21. The van der Waals surface area contributed by atoms with Crippen molar-refractivity contribution in [1.29, 1.82) is 0 Å². The molecular formula is C38H50N2O7+2. The maximum atomic E-state index is 12.4. The van der Waals surface area contributed by atoms with E-state index in [2.05, 4.69) is 57.5 Å². The molecule has 2 unspecified atom stereocenters. The Bertz CT molecular complexity index is 1500. The summed E-state index contributed by atoms with van der Waals surface area (Å²) in [4.78, 5) is 24.6. The minimum Gasteiger partial charge on any atom is -0.497 e. The van der Waals surface area contributed by atoms with Crippen molar-refractivity contribution in [2.75, 3.05) is 75.3 Å². The number of ether oxygens (including phenoxy) is 5. The summed E-state index contributed by atoms with van der Waals surface area (Å²) in [6, 6.07) is 22.8. The third-order valence-electron chi connectivity index (χ3n) is 9.21. The molecule has 0 aliphatic carbocycles. The van der Waals surface area contributed by atoms with Crippen LogP contribution in [0.15, 0.2) is 78.9 Å². The number of likely N-dealkylation sites (N-methyl/N-ethyl adjacent to an activating group) is 1. The molecule has 2 atom stereocenters. The van der Waals surface area contributed by atoms with Gasteiger partial charge < -0.3 is 28.2 Å². The SMILES string of the molecule is COc1ccc(CC2c3cc(OC)c(OC)cc3CC[N+]2(C)CCCOC(=O)/C=C\C(=O)OCCC[N+](C)(C)c2ccccc2)cc1. The standard InChI is InChI=1S/C38H50N2O7/c1-39(2,31-12-8-7-9-13-31)21-10-24-46-37(41)18-19-38(42)47-25-11-22-40(3)23-20-30-27-35(44-5)36(45-6)28-33(30)34(40)26-29-14-16-32(43-4)17-15-29/h7-9,12-19,27-28,34H,10-11,20-26H2,1-6H3/q+2/b19-18-. The van der Waals surface area contributed by atoms with Gasteiger partial charge in [-0.15, -0.1) is 0 Å². The Morgan fingerprint density at radius 3 is 2.06 bits per heavy atom.